The van der Waals surface area contributed by atoms with Crippen LogP contribution in [0.15, 0.2) is 0 Å². The van der Waals surface area contributed by atoms with Gasteiger partial charge in [-0.2, -0.15) is 0 Å². The Hall–Kier alpha value is -0.120. The first-order valence-corrected chi connectivity index (χ1v) is 7.80. The number of hydrogen-bond donors (Lipinski definition) is 1. The summed E-state index contributed by atoms with van der Waals surface area (Å²) >= 11 is 0. The van der Waals surface area contributed by atoms with Crippen molar-refractivity contribution >= 4 is 0 Å². The summed E-state index contributed by atoms with van der Waals surface area (Å²) in [6, 6.07) is 0.744. The molecule has 18 heavy (non-hydrogen) atoms. The lowest BCUT2D eigenvalue weighted by Gasteiger charge is -2.29. The molecule has 0 aromatic rings. The van der Waals surface area contributed by atoms with E-state index in [-0.39, 0.29) is 0 Å². The monoisotopic (exact) mass is 255 g/mol. The fraction of sp³-hybridized carbons (Fsp3) is 1.00. The summed E-state index contributed by atoms with van der Waals surface area (Å²) in [5.74, 6) is 0.809. The molecule has 0 radical (unpaired) electrons. The zero-order valence-electron chi connectivity index (χ0n) is 12.7. The molecule has 108 valence electrons. The van der Waals surface area contributed by atoms with Crippen LogP contribution in [0.2, 0.25) is 0 Å². The van der Waals surface area contributed by atoms with Crippen molar-refractivity contribution < 1.29 is 0 Å². The molecule has 1 aliphatic heterocycles. The molecule has 0 aliphatic carbocycles. The normalized spacial score (nSPS) is 21.2. The van der Waals surface area contributed by atoms with Crippen molar-refractivity contribution in [1.82, 2.24) is 9.80 Å². The molecule has 0 aromatic carbocycles. The number of hydrogen-bond acceptors (Lipinski definition) is 3. The minimum absolute atomic E-state index is 0.744. The largest absolute Gasteiger partial charge is 0.330 e. The van der Waals surface area contributed by atoms with Gasteiger partial charge in [0.1, 0.15) is 0 Å². The first-order valence-electron chi connectivity index (χ1n) is 7.80. The summed E-state index contributed by atoms with van der Waals surface area (Å²) in [5.41, 5.74) is 5.56. The Labute approximate surface area is 114 Å². The standard InChI is InChI=1S/C15H33N3/c1-14(2)13-15(3)18-10-6-9-17(11-12-18)8-5-4-7-16/h14-15H,4-13,16H2,1-3H3. The van der Waals surface area contributed by atoms with E-state index >= 15 is 0 Å². The fourth-order valence-corrected chi connectivity index (χ4v) is 2.97. The Morgan fingerprint density at radius 2 is 1.78 bits per heavy atom. The lowest BCUT2D eigenvalue weighted by molar-refractivity contribution is 0.188. The molecular formula is C15H33N3. The summed E-state index contributed by atoms with van der Waals surface area (Å²) in [7, 11) is 0. The van der Waals surface area contributed by atoms with Crippen molar-refractivity contribution in [3.05, 3.63) is 0 Å². The lowest BCUT2D eigenvalue weighted by Crippen LogP contribution is -2.37. The van der Waals surface area contributed by atoms with E-state index in [9.17, 15) is 0 Å². The van der Waals surface area contributed by atoms with Crippen LogP contribution in [0.4, 0.5) is 0 Å². The highest BCUT2D eigenvalue weighted by Gasteiger charge is 2.19. The Kier molecular flexibility index (Phi) is 7.87. The Morgan fingerprint density at radius 1 is 1.00 bits per heavy atom. The smallest absolute Gasteiger partial charge is 0.0112 e. The summed E-state index contributed by atoms with van der Waals surface area (Å²) in [6.07, 6.45) is 5.08. The summed E-state index contributed by atoms with van der Waals surface area (Å²) < 4.78 is 0. The van der Waals surface area contributed by atoms with Crippen LogP contribution in [0, 0.1) is 5.92 Å². The van der Waals surface area contributed by atoms with E-state index in [4.69, 9.17) is 5.73 Å². The van der Waals surface area contributed by atoms with Crippen molar-refractivity contribution in [2.45, 2.75) is 52.5 Å². The highest BCUT2D eigenvalue weighted by molar-refractivity contribution is 4.75. The molecule has 2 N–H and O–H groups in total. The lowest BCUT2D eigenvalue weighted by atomic mass is 10.0. The number of nitrogens with zero attached hydrogens (tertiary/aromatic N) is 2. The molecule has 3 nitrogen and oxygen atoms in total. The van der Waals surface area contributed by atoms with Crippen molar-refractivity contribution in [1.29, 1.82) is 0 Å². The van der Waals surface area contributed by atoms with Gasteiger partial charge in [0.25, 0.3) is 0 Å². The summed E-state index contributed by atoms with van der Waals surface area (Å²) in [6.45, 7) is 14.2. The van der Waals surface area contributed by atoms with Crippen molar-refractivity contribution in [2.75, 3.05) is 39.3 Å². The van der Waals surface area contributed by atoms with Crippen LogP contribution in [0.25, 0.3) is 0 Å². The second-order valence-electron chi connectivity index (χ2n) is 6.21. The topological polar surface area (TPSA) is 32.5 Å². The molecule has 0 saturated carbocycles. The molecule has 1 unspecified atom stereocenters. The van der Waals surface area contributed by atoms with Crippen molar-refractivity contribution in [3.8, 4) is 0 Å². The van der Waals surface area contributed by atoms with Crippen molar-refractivity contribution in [3.63, 3.8) is 0 Å². The van der Waals surface area contributed by atoms with Gasteiger partial charge in [0.2, 0.25) is 0 Å². The Balaban J connectivity index is 2.27. The molecule has 1 fully saturated rings. The van der Waals surface area contributed by atoms with Crippen LogP contribution in [-0.2, 0) is 0 Å². The van der Waals surface area contributed by atoms with Gasteiger partial charge >= 0.3 is 0 Å². The van der Waals surface area contributed by atoms with Gasteiger partial charge in [0, 0.05) is 19.1 Å². The third-order valence-electron chi connectivity index (χ3n) is 3.99. The molecule has 1 heterocycles. The fourth-order valence-electron chi connectivity index (χ4n) is 2.97. The average Bonchev–Trinajstić information content (AvgIpc) is 2.54. The van der Waals surface area contributed by atoms with E-state index in [1.165, 1.54) is 58.4 Å². The van der Waals surface area contributed by atoms with E-state index < -0.39 is 0 Å². The van der Waals surface area contributed by atoms with E-state index in [0.29, 0.717) is 0 Å². The van der Waals surface area contributed by atoms with Gasteiger partial charge in [-0.25, -0.2) is 0 Å². The van der Waals surface area contributed by atoms with Crippen LogP contribution in [0.1, 0.15) is 46.5 Å². The van der Waals surface area contributed by atoms with E-state index in [2.05, 4.69) is 30.6 Å². The third kappa shape index (κ3) is 6.17. The molecule has 1 saturated heterocycles. The number of nitrogens with two attached hydrogens (primary N) is 1. The maximum atomic E-state index is 5.56. The number of unbranched alkanes of at least 4 members (excludes halogenated alkanes) is 1. The Bertz CT molecular complexity index is 206. The van der Waals surface area contributed by atoms with E-state index in [0.717, 1.165) is 18.5 Å². The minimum atomic E-state index is 0.744. The molecule has 0 bridgehead atoms. The molecule has 3 heteroatoms. The average molecular weight is 255 g/mol. The first-order chi connectivity index (χ1) is 8.63. The molecular weight excluding hydrogens is 222 g/mol. The predicted octanol–water partition coefficient (Wildman–Crippen LogP) is 2.17. The third-order valence-corrected chi connectivity index (χ3v) is 3.99. The SMILES string of the molecule is CC(C)CC(C)N1CCCN(CCCCN)CC1. The van der Waals surface area contributed by atoms with Gasteiger partial charge < -0.3 is 10.6 Å². The van der Waals surface area contributed by atoms with Gasteiger partial charge in [0.15, 0.2) is 0 Å². The molecule has 0 spiro atoms. The highest BCUT2D eigenvalue weighted by atomic mass is 15.2. The molecule has 0 aromatic heterocycles. The second kappa shape index (κ2) is 8.89. The Morgan fingerprint density at radius 3 is 2.44 bits per heavy atom. The van der Waals surface area contributed by atoms with Crippen LogP contribution < -0.4 is 5.73 Å². The summed E-state index contributed by atoms with van der Waals surface area (Å²) in [5, 5.41) is 0. The number of rotatable bonds is 7. The molecule has 1 aliphatic rings. The second-order valence-corrected chi connectivity index (χ2v) is 6.21. The van der Waals surface area contributed by atoms with Gasteiger partial charge in [-0.1, -0.05) is 13.8 Å². The van der Waals surface area contributed by atoms with Crippen LogP contribution in [0.3, 0.4) is 0 Å². The van der Waals surface area contributed by atoms with Crippen LogP contribution in [-0.4, -0.2) is 55.1 Å². The van der Waals surface area contributed by atoms with E-state index in [1.54, 1.807) is 0 Å². The van der Waals surface area contributed by atoms with Gasteiger partial charge in [-0.15, -0.1) is 0 Å². The molecule has 1 atom stereocenters. The van der Waals surface area contributed by atoms with Gasteiger partial charge in [-0.05, 0) is 64.7 Å². The predicted molar refractivity (Wildman–Crippen MR) is 79.8 cm³/mol. The quantitative estimate of drug-likeness (QED) is 0.708. The van der Waals surface area contributed by atoms with Crippen LogP contribution in [0.5, 0.6) is 0 Å². The molecule has 1 rings (SSSR count). The van der Waals surface area contributed by atoms with Crippen LogP contribution >= 0.6 is 0 Å². The maximum absolute atomic E-state index is 5.56. The molecule has 0 amide bonds. The van der Waals surface area contributed by atoms with Crippen molar-refractivity contribution in [2.24, 2.45) is 11.7 Å². The zero-order chi connectivity index (χ0) is 13.4. The minimum Gasteiger partial charge on any atom is -0.330 e. The first kappa shape index (κ1) is 15.9. The maximum Gasteiger partial charge on any atom is 0.0112 e. The highest BCUT2D eigenvalue weighted by Crippen LogP contribution is 2.14. The van der Waals surface area contributed by atoms with Gasteiger partial charge in [-0.3, -0.25) is 4.90 Å². The van der Waals surface area contributed by atoms with Gasteiger partial charge in [0.05, 0.1) is 0 Å². The van der Waals surface area contributed by atoms with E-state index in [1.807, 2.05) is 0 Å². The zero-order valence-corrected chi connectivity index (χ0v) is 12.7. The summed E-state index contributed by atoms with van der Waals surface area (Å²) in [4.78, 5) is 5.31.